The number of nitrogens with zero attached hydrogens (tertiary/aromatic N) is 2. The monoisotopic (exact) mass is 491 g/mol. The molecule has 0 radical (unpaired) electrons. The van der Waals surface area contributed by atoms with Crippen LogP contribution in [0.15, 0.2) is 60.8 Å². The van der Waals surface area contributed by atoms with E-state index in [1.807, 2.05) is 48.7 Å². The van der Waals surface area contributed by atoms with Gasteiger partial charge in [-0.15, -0.1) is 0 Å². The Kier molecular flexibility index (Phi) is 8.36. The van der Waals surface area contributed by atoms with Crippen molar-refractivity contribution >= 4 is 18.0 Å². The predicted molar refractivity (Wildman–Crippen MR) is 134 cm³/mol. The van der Waals surface area contributed by atoms with Gasteiger partial charge in [0.15, 0.2) is 18.1 Å². The molecule has 3 aromatic rings. The molecule has 4 rings (SSSR count). The van der Waals surface area contributed by atoms with Crippen molar-refractivity contribution in [1.29, 1.82) is 0 Å². The van der Waals surface area contributed by atoms with Crippen LogP contribution in [0, 0.1) is 0 Å². The van der Waals surface area contributed by atoms with Crippen LogP contribution in [0.1, 0.15) is 18.4 Å². The molecular formula is C27H29N3O6. The molecule has 188 valence electrons. The van der Waals surface area contributed by atoms with E-state index < -0.39 is 5.97 Å². The van der Waals surface area contributed by atoms with Crippen molar-refractivity contribution in [2.24, 2.45) is 0 Å². The maximum atomic E-state index is 12.3. The van der Waals surface area contributed by atoms with Gasteiger partial charge in [-0.3, -0.25) is 4.79 Å². The molecule has 1 fully saturated rings. The number of carbonyl (C=O) groups excluding carboxylic acids is 2. The molecule has 1 atom stereocenters. The fourth-order valence-electron chi connectivity index (χ4n) is 3.86. The Balaban J connectivity index is 1.49. The van der Waals surface area contributed by atoms with E-state index in [0.29, 0.717) is 35.9 Å². The van der Waals surface area contributed by atoms with E-state index in [9.17, 15) is 9.59 Å². The first-order chi connectivity index (χ1) is 17.6. The first kappa shape index (κ1) is 25.0. The van der Waals surface area contributed by atoms with Gasteiger partial charge in [-0.1, -0.05) is 18.2 Å². The number of para-hydroxylation sites is 1. The van der Waals surface area contributed by atoms with Crippen molar-refractivity contribution in [1.82, 2.24) is 15.1 Å². The van der Waals surface area contributed by atoms with Gasteiger partial charge in [0.1, 0.15) is 5.69 Å². The summed E-state index contributed by atoms with van der Waals surface area (Å²) in [4.78, 5) is 24.3. The maximum Gasteiger partial charge on any atom is 0.331 e. The van der Waals surface area contributed by atoms with Crippen LogP contribution in [-0.2, 0) is 19.1 Å². The summed E-state index contributed by atoms with van der Waals surface area (Å²) in [6, 6.07) is 15.1. The lowest BCUT2D eigenvalue weighted by Crippen LogP contribution is -2.34. The molecule has 1 unspecified atom stereocenters. The highest BCUT2D eigenvalue weighted by Crippen LogP contribution is 2.33. The Hall–Kier alpha value is -4.11. The number of methoxy groups -OCH3 is 2. The van der Waals surface area contributed by atoms with E-state index >= 15 is 0 Å². The fourth-order valence-corrected chi connectivity index (χ4v) is 3.86. The molecule has 0 spiro atoms. The largest absolute Gasteiger partial charge is 0.493 e. The second-order valence-electron chi connectivity index (χ2n) is 8.16. The molecule has 0 bridgehead atoms. The Morgan fingerprint density at radius 1 is 1.14 bits per heavy atom. The molecule has 1 aromatic heterocycles. The number of amides is 1. The van der Waals surface area contributed by atoms with Gasteiger partial charge < -0.3 is 24.3 Å². The Morgan fingerprint density at radius 2 is 1.94 bits per heavy atom. The molecule has 1 aliphatic heterocycles. The number of nitrogens with one attached hydrogen (secondary N) is 1. The highest BCUT2D eigenvalue weighted by Gasteiger charge is 2.17. The maximum absolute atomic E-state index is 12.3. The number of hydrogen-bond donors (Lipinski definition) is 1. The lowest BCUT2D eigenvalue weighted by Gasteiger charge is -2.10. The molecule has 1 amide bonds. The van der Waals surface area contributed by atoms with Gasteiger partial charge >= 0.3 is 5.97 Å². The summed E-state index contributed by atoms with van der Waals surface area (Å²) in [6.07, 6.45) is 6.66. The van der Waals surface area contributed by atoms with E-state index in [4.69, 9.17) is 24.0 Å². The third-order valence-corrected chi connectivity index (χ3v) is 5.72. The van der Waals surface area contributed by atoms with E-state index in [1.165, 1.54) is 6.08 Å². The summed E-state index contributed by atoms with van der Waals surface area (Å²) in [5.74, 6) is 0.165. The first-order valence-corrected chi connectivity index (χ1v) is 11.7. The molecule has 0 saturated carbocycles. The molecule has 0 aliphatic carbocycles. The van der Waals surface area contributed by atoms with Crippen LogP contribution >= 0.6 is 0 Å². The van der Waals surface area contributed by atoms with Gasteiger partial charge in [-0.2, -0.15) is 5.10 Å². The standard InChI is InChI=1S/C27H29N3O6/c1-33-23-12-10-19(15-24(23)34-2)27-20(17-30(29-27)21-7-4-3-5-8-21)11-13-26(32)36-18-25(31)28-16-22-9-6-14-35-22/h3-5,7-8,10-13,15,17,22H,6,9,14,16,18H2,1-2H3,(H,28,31)/b13-11+. The SMILES string of the molecule is COc1ccc(-c2nn(-c3ccccc3)cc2/C=C/C(=O)OCC(=O)NCC2CCCO2)cc1OC. The highest BCUT2D eigenvalue weighted by molar-refractivity contribution is 5.90. The number of rotatable bonds is 10. The van der Waals surface area contributed by atoms with Crippen LogP contribution in [-0.4, -0.2) is 61.7 Å². The summed E-state index contributed by atoms with van der Waals surface area (Å²) in [7, 11) is 3.14. The summed E-state index contributed by atoms with van der Waals surface area (Å²) in [5, 5.41) is 7.46. The molecule has 9 nitrogen and oxygen atoms in total. The Bertz CT molecular complexity index is 1220. The van der Waals surface area contributed by atoms with Crippen molar-refractivity contribution in [3.63, 3.8) is 0 Å². The van der Waals surface area contributed by atoms with Crippen LogP contribution in [0.4, 0.5) is 0 Å². The molecule has 36 heavy (non-hydrogen) atoms. The van der Waals surface area contributed by atoms with Gasteiger partial charge in [-0.05, 0) is 49.2 Å². The average Bonchev–Trinajstić information content (AvgIpc) is 3.60. The molecule has 9 heteroatoms. The number of carbonyl (C=O) groups is 2. The minimum absolute atomic E-state index is 0.0284. The topological polar surface area (TPSA) is 101 Å². The second kappa shape index (κ2) is 12.0. The van der Waals surface area contributed by atoms with Crippen LogP contribution < -0.4 is 14.8 Å². The zero-order chi connectivity index (χ0) is 25.3. The van der Waals surface area contributed by atoms with E-state index in [1.54, 1.807) is 31.0 Å². The van der Waals surface area contributed by atoms with Gasteiger partial charge in [0.2, 0.25) is 0 Å². The number of hydrogen-bond acceptors (Lipinski definition) is 7. The summed E-state index contributed by atoms with van der Waals surface area (Å²) in [6.45, 7) is 0.772. The lowest BCUT2D eigenvalue weighted by molar-refractivity contribution is -0.143. The van der Waals surface area contributed by atoms with Gasteiger partial charge in [0, 0.05) is 36.6 Å². The number of ether oxygens (including phenoxy) is 4. The second-order valence-corrected chi connectivity index (χ2v) is 8.16. The zero-order valence-corrected chi connectivity index (χ0v) is 20.3. The lowest BCUT2D eigenvalue weighted by atomic mass is 10.1. The molecule has 1 saturated heterocycles. The minimum Gasteiger partial charge on any atom is -0.493 e. The van der Waals surface area contributed by atoms with E-state index in [-0.39, 0.29) is 18.6 Å². The fraction of sp³-hybridized carbons (Fsp3) is 0.296. The average molecular weight is 492 g/mol. The van der Waals surface area contributed by atoms with Crippen molar-refractivity contribution in [3.8, 4) is 28.4 Å². The van der Waals surface area contributed by atoms with E-state index in [2.05, 4.69) is 5.32 Å². The van der Waals surface area contributed by atoms with Crippen LogP contribution in [0.25, 0.3) is 23.0 Å². The van der Waals surface area contributed by atoms with Gasteiger partial charge in [0.05, 0.1) is 26.0 Å². The Labute approximate surface area is 209 Å². The summed E-state index contributed by atoms with van der Waals surface area (Å²) < 4.78 is 23.1. The normalized spacial score (nSPS) is 15.1. The smallest absolute Gasteiger partial charge is 0.331 e. The van der Waals surface area contributed by atoms with E-state index in [0.717, 1.165) is 24.1 Å². The van der Waals surface area contributed by atoms with Crippen molar-refractivity contribution in [2.45, 2.75) is 18.9 Å². The van der Waals surface area contributed by atoms with Crippen LogP contribution in [0.5, 0.6) is 11.5 Å². The van der Waals surface area contributed by atoms with Crippen molar-refractivity contribution < 1.29 is 28.5 Å². The quantitative estimate of drug-likeness (QED) is 0.343. The number of esters is 1. The molecule has 2 aromatic carbocycles. The molecule has 1 N–H and O–H groups in total. The highest BCUT2D eigenvalue weighted by atomic mass is 16.5. The summed E-state index contributed by atoms with van der Waals surface area (Å²) >= 11 is 0. The third-order valence-electron chi connectivity index (χ3n) is 5.72. The Morgan fingerprint density at radius 3 is 2.67 bits per heavy atom. The number of benzene rings is 2. The number of aromatic nitrogens is 2. The first-order valence-electron chi connectivity index (χ1n) is 11.7. The van der Waals surface area contributed by atoms with Crippen molar-refractivity contribution in [2.75, 3.05) is 34.0 Å². The zero-order valence-electron chi connectivity index (χ0n) is 20.3. The molecule has 2 heterocycles. The summed E-state index contributed by atoms with van der Waals surface area (Å²) in [5.41, 5.74) is 2.97. The predicted octanol–water partition coefficient (Wildman–Crippen LogP) is 3.41. The minimum atomic E-state index is -0.631. The molecule has 1 aliphatic rings. The van der Waals surface area contributed by atoms with Crippen LogP contribution in [0.2, 0.25) is 0 Å². The third kappa shape index (κ3) is 6.31. The van der Waals surface area contributed by atoms with Gasteiger partial charge in [-0.25, -0.2) is 9.48 Å². The molecular weight excluding hydrogens is 462 g/mol. The van der Waals surface area contributed by atoms with Crippen molar-refractivity contribution in [3.05, 3.63) is 66.4 Å². The van der Waals surface area contributed by atoms with Crippen LogP contribution in [0.3, 0.4) is 0 Å². The van der Waals surface area contributed by atoms with Gasteiger partial charge in [0.25, 0.3) is 5.91 Å².